The summed E-state index contributed by atoms with van der Waals surface area (Å²) in [6, 6.07) is 41.0. The molecule has 170 valence electrons. The van der Waals surface area contributed by atoms with Crippen LogP contribution in [0.15, 0.2) is 121 Å². The molecule has 0 aromatic heterocycles. The average molecular weight is 466 g/mol. The Morgan fingerprint density at radius 1 is 0.611 bits per heavy atom. The SMILES string of the molecule is [C-]#[N+]c1cc(N(c2ccc(-c3ccccc3)cc2)c2cccc(-c3ccccc3)c2)cc(C#N)c1F. The molecule has 0 fully saturated rings. The van der Waals surface area contributed by atoms with Crippen molar-refractivity contribution in [2.24, 2.45) is 0 Å². The number of hydrogen-bond donors (Lipinski definition) is 0. The Morgan fingerprint density at radius 3 is 1.81 bits per heavy atom. The fourth-order valence-corrected chi connectivity index (χ4v) is 4.22. The molecule has 0 bridgehead atoms. The molecule has 0 N–H and O–H groups in total. The highest BCUT2D eigenvalue weighted by atomic mass is 19.1. The van der Waals surface area contributed by atoms with Gasteiger partial charge in [-0.2, -0.15) is 5.26 Å². The fourth-order valence-electron chi connectivity index (χ4n) is 4.22. The van der Waals surface area contributed by atoms with E-state index in [2.05, 4.69) is 17.0 Å². The number of nitrogens with zero attached hydrogens (tertiary/aromatic N) is 3. The molecule has 0 saturated heterocycles. The van der Waals surface area contributed by atoms with Crippen LogP contribution in [0.2, 0.25) is 0 Å². The van der Waals surface area contributed by atoms with Gasteiger partial charge in [-0.15, -0.1) is 0 Å². The number of anilines is 3. The molecule has 36 heavy (non-hydrogen) atoms. The van der Waals surface area contributed by atoms with Gasteiger partial charge in [0.2, 0.25) is 5.69 Å². The van der Waals surface area contributed by atoms with Gasteiger partial charge in [0.05, 0.1) is 12.1 Å². The van der Waals surface area contributed by atoms with E-state index in [0.717, 1.165) is 33.6 Å². The topological polar surface area (TPSA) is 31.4 Å². The van der Waals surface area contributed by atoms with E-state index in [1.807, 2.05) is 108 Å². The van der Waals surface area contributed by atoms with Gasteiger partial charge in [0, 0.05) is 17.1 Å². The Labute approximate surface area is 209 Å². The molecule has 0 aliphatic carbocycles. The Bertz CT molecular complexity index is 1560. The van der Waals surface area contributed by atoms with Gasteiger partial charge in [0.1, 0.15) is 11.9 Å². The Balaban J connectivity index is 1.67. The molecule has 5 aromatic carbocycles. The van der Waals surface area contributed by atoms with E-state index < -0.39 is 5.82 Å². The summed E-state index contributed by atoms with van der Waals surface area (Å²) in [5, 5.41) is 9.53. The lowest BCUT2D eigenvalue weighted by molar-refractivity contribution is 0.630. The maximum absolute atomic E-state index is 14.6. The zero-order valence-corrected chi connectivity index (χ0v) is 19.3. The molecular weight excluding hydrogens is 445 g/mol. The molecule has 0 radical (unpaired) electrons. The lowest BCUT2D eigenvalue weighted by atomic mass is 10.0. The monoisotopic (exact) mass is 465 g/mol. The Kier molecular flexibility index (Phi) is 6.26. The molecule has 3 nitrogen and oxygen atoms in total. The summed E-state index contributed by atoms with van der Waals surface area (Å²) in [5.41, 5.74) is 6.10. The van der Waals surface area contributed by atoms with Crippen molar-refractivity contribution < 1.29 is 4.39 Å². The second-order valence-corrected chi connectivity index (χ2v) is 8.21. The zero-order chi connectivity index (χ0) is 24.9. The highest BCUT2D eigenvalue weighted by Gasteiger charge is 2.18. The van der Waals surface area contributed by atoms with E-state index in [1.165, 1.54) is 12.1 Å². The highest BCUT2D eigenvalue weighted by molar-refractivity contribution is 5.83. The molecule has 0 unspecified atom stereocenters. The first-order chi connectivity index (χ1) is 17.7. The Hall–Kier alpha value is -5.19. The van der Waals surface area contributed by atoms with E-state index in [9.17, 15) is 9.65 Å². The summed E-state index contributed by atoms with van der Waals surface area (Å²) in [6.45, 7) is 7.43. The van der Waals surface area contributed by atoms with Crippen LogP contribution in [0.5, 0.6) is 0 Å². The molecule has 0 heterocycles. The van der Waals surface area contributed by atoms with Gasteiger partial charge in [-0.25, -0.2) is 9.24 Å². The van der Waals surface area contributed by atoms with Crippen molar-refractivity contribution in [1.29, 1.82) is 5.26 Å². The first-order valence-electron chi connectivity index (χ1n) is 11.4. The zero-order valence-electron chi connectivity index (χ0n) is 19.3. The van der Waals surface area contributed by atoms with Crippen LogP contribution in [0, 0.1) is 23.7 Å². The van der Waals surface area contributed by atoms with Crippen LogP contribution in [0.4, 0.5) is 27.1 Å². The van der Waals surface area contributed by atoms with Gasteiger partial charge in [-0.05, 0) is 58.7 Å². The van der Waals surface area contributed by atoms with Crippen LogP contribution in [0.1, 0.15) is 5.56 Å². The molecule has 0 spiro atoms. The predicted octanol–water partition coefficient (Wildman–Crippen LogP) is 9.05. The van der Waals surface area contributed by atoms with Gasteiger partial charge in [-0.1, -0.05) is 84.9 Å². The minimum atomic E-state index is -0.798. The van der Waals surface area contributed by atoms with Crippen LogP contribution in [-0.4, -0.2) is 0 Å². The predicted molar refractivity (Wildman–Crippen MR) is 143 cm³/mol. The molecular formula is C32H20FN3. The van der Waals surface area contributed by atoms with Crippen molar-refractivity contribution in [2.75, 3.05) is 4.90 Å². The van der Waals surface area contributed by atoms with E-state index in [4.69, 9.17) is 6.57 Å². The summed E-state index contributed by atoms with van der Waals surface area (Å²) < 4.78 is 14.6. The molecule has 4 heteroatoms. The first-order valence-corrected chi connectivity index (χ1v) is 11.4. The third-order valence-electron chi connectivity index (χ3n) is 5.98. The van der Waals surface area contributed by atoms with Gasteiger partial charge >= 0.3 is 0 Å². The third-order valence-corrected chi connectivity index (χ3v) is 5.98. The van der Waals surface area contributed by atoms with Crippen molar-refractivity contribution in [1.82, 2.24) is 0 Å². The average Bonchev–Trinajstić information content (AvgIpc) is 2.95. The summed E-state index contributed by atoms with van der Waals surface area (Å²) in [5.74, 6) is -0.798. The second-order valence-electron chi connectivity index (χ2n) is 8.21. The van der Waals surface area contributed by atoms with E-state index in [1.54, 1.807) is 0 Å². The lowest BCUT2D eigenvalue weighted by Gasteiger charge is -2.27. The van der Waals surface area contributed by atoms with Gasteiger partial charge in [0.25, 0.3) is 0 Å². The van der Waals surface area contributed by atoms with Gasteiger partial charge < -0.3 is 4.90 Å². The fraction of sp³-hybridized carbons (Fsp3) is 0. The molecule has 0 aliphatic heterocycles. The number of rotatable bonds is 5. The molecule has 0 amide bonds. The Morgan fingerprint density at radius 2 is 1.19 bits per heavy atom. The standard InChI is InChI=1S/C32H20FN3/c1-35-31-21-30(20-27(22-34)32(31)33)36(28-17-15-25(16-18-28)23-9-4-2-5-10-23)29-14-8-13-26(19-29)24-11-6-3-7-12-24/h2-21H. The van der Waals surface area contributed by atoms with E-state index >= 15 is 0 Å². The molecule has 5 aromatic rings. The third kappa shape index (κ3) is 4.44. The van der Waals surface area contributed by atoms with Crippen molar-refractivity contribution in [3.8, 4) is 28.3 Å². The summed E-state index contributed by atoms with van der Waals surface area (Å²) in [6.07, 6.45) is 0. The first kappa shape index (κ1) is 22.6. The minimum absolute atomic E-state index is 0.163. The van der Waals surface area contributed by atoms with Crippen LogP contribution >= 0.6 is 0 Å². The van der Waals surface area contributed by atoms with Gasteiger partial charge in [-0.3, -0.25) is 0 Å². The van der Waals surface area contributed by atoms with Crippen molar-refractivity contribution in [3.05, 3.63) is 144 Å². The second kappa shape index (κ2) is 9.97. The number of benzene rings is 5. The number of hydrogen-bond acceptors (Lipinski definition) is 2. The molecule has 0 aliphatic rings. The minimum Gasteiger partial charge on any atom is -0.312 e. The molecule has 5 rings (SSSR count). The smallest absolute Gasteiger partial charge is 0.225 e. The normalized spacial score (nSPS) is 10.3. The van der Waals surface area contributed by atoms with Crippen LogP contribution in [0.3, 0.4) is 0 Å². The van der Waals surface area contributed by atoms with Crippen LogP contribution < -0.4 is 4.90 Å². The maximum Gasteiger partial charge on any atom is 0.225 e. The quantitative estimate of drug-likeness (QED) is 0.242. The van der Waals surface area contributed by atoms with Gasteiger partial charge in [0.15, 0.2) is 0 Å². The summed E-state index contributed by atoms with van der Waals surface area (Å²) >= 11 is 0. The number of halogens is 1. The van der Waals surface area contributed by atoms with Crippen LogP contribution in [-0.2, 0) is 0 Å². The largest absolute Gasteiger partial charge is 0.312 e. The summed E-state index contributed by atoms with van der Waals surface area (Å²) in [7, 11) is 0. The van der Waals surface area contributed by atoms with Crippen molar-refractivity contribution in [2.45, 2.75) is 0 Å². The number of nitriles is 1. The lowest BCUT2D eigenvalue weighted by Crippen LogP contribution is -2.10. The molecule has 0 atom stereocenters. The molecule has 0 saturated carbocycles. The van der Waals surface area contributed by atoms with E-state index in [0.29, 0.717) is 5.69 Å². The van der Waals surface area contributed by atoms with Crippen molar-refractivity contribution in [3.63, 3.8) is 0 Å². The summed E-state index contributed by atoms with van der Waals surface area (Å²) in [4.78, 5) is 5.27. The van der Waals surface area contributed by atoms with E-state index in [-0.39, 0.29) is 11.3 Å². The van der Waals surface area contributed by atoms with Crippen LogP contribution in [0.25, 0.3) is 27.1 Å². The highest BCUT2D eigenvalue weighted by Crippen LogP contribution is 2.40. The maximum atomic E-state index is 14.6. The van der Waals surface area contributed by atoms with Crippen molar-refractivity contribution >= 4 is 22.7 Å².